The van der Waals surface area contributed by atoms with Crippen LogP contribution in [0, 0.1) is 6.92 Å². The van der Waals surface area contributed by atoms with E-state index in [-0.39, 0.29) is 0 Å². The maximum absolute atomic E-state index is 5.28. The number of rotatable bonds is 5. The van der Waals surface area contributed by atoms with Gasteiger partial charge in [-0.1, -0.05) is 18.2 Å². The molecule has 0 radical (unpaired) electrons. The third kappa shape index (κ3) is 4.07. The monoisotopic (exact) mass is 421 g/mol. The van der Waals surface area contributed by atoms with E-state index in [0.29, 0.717) is 12.5 Å². The first kappa shape index (κ1) is 19.9. The zero-order valence-corrected chi connectivity index (χ0v) is 18.1. The summed E-state index contributed by atoms with van der Waals surface area (Å²) in [6.45, 7) is 3.33. The predicted octanol–water partition coefficient (Wildman–Crippen LogP) is 4.92. The minimum absolute atomic E-state index is 0.606. The van der Waals surface area contributed by atoms with E-state index in [2.05, 4.69) is 55.2 Å². The van der Waals surface area contributed by atoms with Crippen LogP contribution >= 0.6 is 0 Å². The summed E-state index contributed by atoms with van der Waals surface area (Å²) in [5, 5.41) is 0. The van der Waals surface area contributed by atoms with Gasteiger partial charge in [0.1, 0.15) is 6.67 Å². The lowest BCUT2D eigenvalue weighted by molar-refractivity contribution is 0.398. The fourth-order valence-corrected chi connectivity index (χ4v) is 3.87. The molecule has 0 atom stereocenters. The number of aryl methyl sites for hydroxylation is 1. The molecule has 0 aliphatic carbocycles. The van der Waals surface area contributed by atoms with Gasteiger partial charge in [-0.25, -0.2) is 4.98 Å². The van der Waals surface area contributed by atoms with Crippen LogP contribution in [0.3, 0.4) is 0 Å². The lowest BCUT2D eigenvalue weighted by Gasteiger charge is -2.28. The van der Waals surface area contributed by atoms with Crippen molar-refractivity contribution in [3.63, 3.8) is 0 Å². The molecule has 0 unspecified atom stereocenters. The van der Waals surface area contributed by atoms with E-state index in [1.54, 1.807) is 13.3 Å². The molecule has 0 bridgehead atoms. The molecule has 6 heteroatoms. The topological polar surface area (TPSA) is 63.5 Å². The number of fused-ring (bicyclic) bond motifs is 1. The van der Waals surface area contributed by atoms with Crippen molar-refractivity contribution in [3.8, 4) is 28.3 Å². The molecule has 4 aromatic rings. The van der Waals surface area contributed by atoms with Gasteiger partial charge in [0.05, 0.1) is 12.8 Å². The fourth-order valence-electron chi connectivity index (χ4n) is 3.87. The molecule has 6 nitrogen and oxygen atoms in total. The number of pyridine rings is 3. The Morgan fingerprint density at radius 3 is 2.53 bits per heavy atom. The van der Waals surface area contributed by atoms with Crippen LogP contribution in [0.25, 0.3) is 22.4 Å². The molecule has 1 aromatic carbocycles. The van der Waals surface area contributed by atoms with Crippen molar-refractivity contribution in [1.82, 2.24) is 15.0 Å². The van der Waals surface area contributed by atoms with E-state index in [1.165, 1.54) is 0 Å². The Hall–Kier alpha value is -4.06. The summed E-state index contributed by atoms with van der Waals surface area (Å²) >= 11 is 0. The highest BCUT2D eigenvalue weighted by atomic mass is 16.5. The van der Waals surface area contributed by atoms with Gasteiger partial charge in [-0.05, 0) is 53.9 Å². The highest BCUT2D eigenvalue weighted by Crippen LogP contribution is 2.31. The maximum atomic E-state index is 5.28. The maximum Gasteiger partial charge on any atom is 0.213 e. The molecular formula is C26H23N5O. The average Bonchev–Trinajstić information content (AvgIpc) is 2.84. The van der Waals surface area contributed by atoms with Crippen molar-refractivity contribution in [2.75, 3.05) is 18.7 Å². The summed E-state index contributed by atoms with van der Waals surface area (Å²) < 4.78 is 5.28. The van der Waals surface area contributed by atoms with Gasteiger partial charge in [0.15, 0.2) is 0 Å². The quantitative estimate of drug-likeness (QED) is 0.458. The number of hydrogen-bond donors (Lipinski definition) is 0. The summed E-state index contributed by atoms with van der Waals surface area (Å²) in [7, 11) is 1.63. The molecule has 1 aliphatic rings. The molecule has 32 heavy (non-hydrogen) atoms. The van der Waals surface area contributed by atoms with Crippen LogP contribution in [0.1, 0.15) is 16.8 Å². The van der Waals surface area contributed by atoms with Gasteiger partial charge in [0.25, 0.3) is 0 Å². The first-order valence-corrected chi connectivity index (χ1v) is 10.5. The summed E-state index contributed by atoms with van der Waals surface area (Å²) in [4.78, 5) is 20.0. The smallest absolute Gasteiger partial charge is 0.213 e. The van der Waals surface area contributed by atoms with E-state index >= 15 is 0 Å². The lowest BCUT2D eigenvalue weighted by atomic mass is 10.0. The van der Waals surface area contributed by atoms with Gasteiger partial charge in [0, 0.05) is 59.9 Å². The first-order valence-electron chi connectivity index (χ1n) is 10.5. The van der Waals surface area contributed by atoms with E-state index in [0.717, 1.165) is 51.4 Å². The van der Waals surface area contributed by atoms with Gasteiger partial charge in [-0.2, -0.15) is 0 Å². The van der Waals surface area contributed by atoms with Crippen LogP contribution in [0.2, 0.25) is 0 Å². The largest absolute Gasteiger partial charge is 0.481 e. The zero-order valence-electron chi connectivity index (χ0n) is 18.1. The van der Waals surface area contributed by atoms with Crippen LogP contribution in [0.4, 0.5) is 5.69 Å². The standard InChI is InChI=1S/C26H23N5O/c1-18-11-22(8-9-28-18)24-6-3-19(14-30-24)16-31-17-27-15-23-5-4-20(12-25(23)31)21-7-10-29-26(13-21)32-2/h3-15H,16-17H2,1-2H3. The molecule has 1 aliphatic heterocycles. The Bertz CT molecular complexity index is 1280. The minimum Gasteiger partial charge on any atom is -0.481 e. The molecule has 0 saturated heterocycles. The van der Waals surface area contributed by atoms with Crippen molar-refractivity contribution in [2.45, 2.75) is 13.5 Å². The van der Waals surface area contributed by atoms with Gasteiger partial charge < -0.3 is 9.64 Å². The Labute approximate surface area is 187 Å². The minimum atomic E-state index is 0.606. The lowest BCUT2D eigenvalue weighted by Crippen LogP contribution is -2.26. The molecule has 0 N–H and O–H groups in total. The summed E-state index contributed by atoms with van der Waals surface area (Å²) in [6, 6.07) is 18.6. The van der Waals surface area contributed by atoms with Crippen molar-refractivity contribution in [1.29, 1.82) is 0 Å². The number of aromatic nitrogens is 3. The molecule has 158 valence electrons. The second-order valence-corrected chi connectivity index (χ2v) is 7.75. The van der Waals surface area contributed by atoms with Crippen LogP contribution in [-0.4, -0.2) is 34.9 Å². The van der Waals surface area contributed by atoms with E-state index < -0.39 is 0 Å². The number of nitrogens with zero attached hydrogens (tertiary/aromatic N) is 5. The van der Waals surface area contributed by atoms with Crippen LogP contribution < -0.4 is 9.64 Å². The van der Waals surface area contributed by atoms with Crippen LogP contribution in [0.15, 0.2) is 78.2 Å². The van der Waals surface area contributed by atoms with E-state index in [4.69, 9.17) is 4.74 Å². The number of aliphatic imine (C=N–C) groups is 1. The van der Waals surface area contributed by atoms with E-state index in [1.807, 2.05) is 49.8 Å². The summed E-state index contributed by atoms with van der Waals surface area (Å²) in [5.74, 6) is 0.606. The predicted molar refractivity (Wildman–Crippen MR) is 127 cm³/mol. The molecule has 0 amide bonds. The zero-order chi connectivity index (χ0) is 21.9. The number of hydrogen-bond acceptors (Lipinski definition) is 6. The highest BCUT2D eigenvalue weighted by molar-refractivity contribution is 5.91. The third-order valence-electron chi connectivity index (χ3n) is 5.52. The van der Waals surface area contributed by atoms with Gasteiger partial charge in [-0.3, -0.25) is 15.0 Å². The van der Waals surface area contributed by atoms with Crippen LogP contribution in [-0.2, 0) is 6.54 Å². The third-order valence-corrected chi connectivity index (χ3v) is 5.52. The number of benzene rings is 1. The normalized spacial score (nSPS) is 12.5. The van der Waals surface area contributed by atoms with Crippen molar-refractivity contribution < 1.29 is 4.74 Å². The highest BCUT2D eigenvalue weighted by Gasteiger charge is 2.16. The second kappa shape index (κ2) is 8.59. The summed E-state index contributed by atoms with van der Waals surface area (Å²) in [6.07, 6.45) is 7.47. The molecule has 4 heterocycles. The number of ether oxygens (including phenoxy) is 1. The van der Waals surface area contributed by atoms with Gasteiger partial charge in [-0.15, -0.1) is 0 Å². The number of anilines is 1. The second-order valence-electron chi connectivity index (χ2n) is 7.75. The van der Waals surface area contributed by atoms with Crippen molar-refractivity contribution in [3.05, 3.63) is 90.0 Å². The van der Waals surface area contributed by atoms with Gasteiger partial charge in [0.2, 0.25) is 5.88 Å². The molecule has 0 saturated carbocycles. The van der Waals surface area contributed by atoms with Gasteiger partial charge >= 0.3 is 0 Å². The number of methoxy groups -OCH3 is 1. The molecule has 0 spiro atoms. The molecule has 0 fully saturated rings. The Balaban J connectivity index is 1.40. The summed E-state index contributed by atoms with van der Waals surface area (Å²) in [5.41, 5.74) is 8.60. The Morgan fingerprint density at radius 2 is 1.72 bits per heavy atom. The Morgan fingerprint density at radius 1 is 0.875 bits per heavy atom. The van der Waals surface area contributed by atoms with Crippen molar-refractivity contribution in [2.24, 2.45) is 4.99 Å². The molecule has 5 rings (SSSR count). The Kier molecular flexibility index (Phi) is 5.34. The SMILES string of the molecule is COc1cc(-c2ccc3c(c2)N(Cc2ccc(-c4ccnc(C)c4)nc2)CN=C3)ccn1. The first-order chi connectivity index (χ1) is 15.7. The van der Waals surface area contributed by atoms with Crippen LogP contribution in [0.5, 0.6) is 5.88 Å². The van der Waals surface area contributed by atoms with E-state index in [9.17, 15) is 0 Å². The molecular weight excluding hydrogens is 398 g/mol. The fraction of sp³-hybridized carbons (Fsp3) is 0.154. The average molecular weight is 422 g/mol. The molecule has 3 aromatic heterocycles. The van der Waals surface area contributed by atoms with Crippen molar-refractivity contribution >= 4 is 11.9 Å².